The van der Waals surface area contributed by atoms with Crippen LogP contribution in [-0.2, 0) is 28.6 Å². The van der Waals surface area contributed by atoms with Gasteiger partial charge in [-0.25, -0.2) is 4.79 Å². The van der Waals surface area contributed by atoms with Crippen molar-refractivity contribution in [1.29, 1.82) is 0 Å². The van der Waals surface area contributed by atoms with Gasteiger partial charge in [-0.15, -0.1) is 0 Å². The molecule has 40 heavy (non-hydrogen) atoms. The Labute approximate surface area is 244 Å². The van der Waals surface area contributed by atoms with Crippen LogP contribution in [0.4, 0.5) is 4.79 Å². The molecule has 1 N–H and O–H groups in total. The van der Waals surface area contributed by atoms with Crippen molar-refractivity contribution in [2.45, 2.75) is 168 Å². The Balaban J connectivity index is 4.08. The molecule has 236 valence electrons. The number of ether oxygens (including phenoxy) is 3. The van der Waals surface area contributed by atoms with Crippen LogP contribution in [-0.4, -0.2) is 44.5 Å². The largest absolute Gasteiger partial charge is 0.462 e. The highest BCUT2D eigenvalue weighted by atomic mass is 16.7. The van der Waals surface area contributed by atoms with Crippen LogP contribution in [0.5, 0.6) is 0 Å². The molecule has 0 heterocycles. The smallest absolute Gasteiger partial charge is 0.431 e. The van der Waals surface area contributed by atoms with E-state index in [1.807, 2.05) is 5.48 Å². The molecule has 0 aromatic carbocycles. The number of rotatable bonds is 29. The number of amides is 1. The van der Waals surface area contributed by atoms with Crippen molar-refractivity contribution in [1.82, 2.24) is 5.48 Å². The molecule has 0 bridgehead atoms. The molecule has 0 aliphatic carbocycles. The lowest BCUT2D eigenvalue weighted by Gasteiger charge is -2.18. The summed E-state index contributed by atoms with van der Waals surface area (Å²) in [7, 11) is 1.29. The van der Waals surface area contributed by atoms with Crippen molar-refractivity contribution < 1.29 is 33.4 Å². The molecule has 0 aliphatic rings. The Bertz CT molecular complexity index is 600. The zero-order chi connectivity index (χ0) is 29.5. The zero-order valence-corrected chi connectivity index (χ0v) is 26.1. The van der Waals surface area contributed by atoms with E-state index in [1.165, 1.54) is 103 Å². The number of carbonyl (C=O) groups is 3. The van der Waals surface area contributed by atoms with Crippen molar-refractivity contribution in [3.8, 4) is 0 Å². The number of esters is 2. The highest BCUT2D eigenvalue weighted by Gasteiger charge is 2.19. The Hall–Kier alpha value is -1.83. The van der Waals surface area contributed by atoms with E-state index in [0.29, 0.717) is 12.8 Å². The summed E-state index contributed by atoms with van der Waals surface area (Å²) in [5.74, 6) is -0.699. The summed E-state index contributed by atoms with van der Waals surface area (Å²) in [6.45, 7) is 4.11. The van der Waals surface area contributed by atoms with Crippen LogP contribution in [0.1, 0.15) is 162 Å². The molecule has 0 saturated heterocycles. The molecule has 1 amide bonds. The van der Waals surface area contributed by atoms with E-state index < -0.39 is 12.2 Å². The predicted molar refractivity (Wildman–Crippen MR) is 160 cm³/mol. The fourth-order valence-corrected chi connectivity index (χ4v) is 4.59. The van der Waals surface area contributed by atoms with Gasteiger partial charge < -0.3 is 14.2 Å². The van der Waals surface area contributed by atoms with Gasteiger partial charge in [0.05, 0.1) is 7.11 Å². The van der Waals surface area contributed by atoms with E-state index in [1.54, 1.807) is 0 Å². The second-order valence-electron chi connectivity index (χ2n) is 10.9. The number of carbonyl (C=O) groups excluding carboxylic acids is 3. The molecule has 0 aromatic heterocycles. The lowest BCUT2D eigenvalue weighted by molar-refractivity contribution is -0.161. The van der Waals surface area contributed by atoms with Gasteiger partial charge in [-0.2, -0.15) is 5.48 Å². The molecule has 8 nitrogen and oxygen atoms in total. The molecule has 0 spiro atoms. The topological polar surface area (TPSA) is 100 Å². The third-order valence-electron chi connectivity index (χ3n) is 7.03. The molecule has 1 unspecified atom stereocenters. The molecule has 0 rings (SSSR count). The zero-order valence-electron chi connectivity index (χ0n) is 26.1. The summed E-state index contributed by atoms with van der Waals surface area (Å²) in [6, 6.07) is 0. The maximum Gasteiger partial charge on any atom is 0.431 e. The average Bonchev–Trinajstić information content (AvgIpc) is 2.94. The summed E-state index contributed by atoms with van der Waals surface area (Å²) < 4.78 is 15.8. The minimum Gasteiger partial charge on any atom is -0.462 e. The second-order valence-corrected chi connectivity index (χ2v) is 10.9. The van der Waals surface area contributed by atoms with Crippen molar-refractivity contribution in [2.75, 3.05) is 20.3 Å². The summed E-state index contributed by atoms with van der Waals surface area (Å²) in [4.78, 5) is 40.6. The highest BCUT2D eigenvalue weighted by Crippen LogP contribution is 2.14. The van der Waals surface area contributed by atoms with E-state index >= 15 is 0 Å². The predicted octanol–water partition coefficient (Wildman–Crippen LogP) is 8.74. The summed E-state index contributed by atoms with van der Waals surface area (Å²) in [6.07, 6.45) is 24.1. The van der Waals surface area contributed by atoms with E-state index in [9.17, 15) is 14.4 Å². The van der Waals surface area contributed by atoms with Gasteiger partial charge in [-0.3, -0.25) is 14.4 Å². The minimum atomic E-state index is -0.848. The average molecular weight is 572 g/mol. The fraction of sp³-hybridized carbons (Fsp3) is 0.906. The first kappa shape index (κ1) is 38.2. The Morgan fingerprint density at radius 1 is 0.525 bits per heavy atom. The monoisotopic (exact) mass is 571 g/mol. The molecule has 1 atom stereocenters. The maximum atomic E-state index is 12.3. The van der Waals surface area contributed by atoms with E-state index in [2.05, 4.69) is 18.7 Å². The summed E-state index contributed by atoms with van der Waals surface area (Å²) in [5, 5.41) is 0. The van der Waals surface area contributed by atoms with Crippen molar-refractivity contribution >= 4 is 18.0 Å². The van der Waals surface area contributed by atoms with Crippen molar-refractivity contribution in [2.24, 2.45) is 0 Å². The SMILES string of the molecule is CCCCCCCCCCCCCC(=O)OCC(COC(=O)NOC)OC(=O)CCCCCCCCCCCC. The van der Waals surface area contributed by atoms with Crippen LogP contribution in [0.15, 0.2) is 0 Å². The third-order valence-corrected chi connectivity index (χ3v) is 7.03. The molecule has 0 fully saturated rings. The van der Waals surface area contributed by atoms with Crippen LogP contribution in [0.25, 0.3) is 0 Å². The van der Waals surface area contributed by atoms with Gasteiger partial charge >= 0.3 is 18.0 Å². The Morgan fingerprint density at radius 2 is 0.900 bits per heavy atom. The van der Waals surface area contributed by atoms with Crippen LogP contribution < -0.4 is 5.48 Å². The number of hydrogen-bond acceptors (Lipinski definition) is 7. The van der Waals surface area contributed by atoms with E-state index in [0.717, 1.165) is 38.5 Å². The van der Waals surface area contributed by atoms with Crippen LogP contribution in [0.2, 0.25) is 0 Å². The lowest BCUT2D eigenvalue weighted by atomic mass is 10.1. The van der Waals surface area contributed by atoms with Crippen LogP contribution in [0, 0.1) is 0 Å². The molecule has 0 saturated carbocycles. The summed E-state index contributed by atoms with van der Waals surface area (Å²) in [5.41, 5.74) is 2.05. The minimum absolute atomic E-state index is 0.138. The normalized spacial score (nSPS) is 11.7. The van der Waals surface area contributed by atoms with Gasteiger partial charge in [0.25, 0.3) is 0 Å². The van der Waals surface area contributed by atoms with E-state index in [-0.39, 0.29) is 25.2 Å². The van der Waals surface area contributed by atoms with Gasteiger partial charge in [-0.1, -0.05) is 136 Å². The summed E-state index contributed by atoms with van der Waals surface area (Å²) >= 11 is 0. The van der Waals surface area contributed by atoms with Crippen LogP contribution in [0.3, 0.4) is 0 Å². The molecular weight excluding hydrogens is 510 g/mol. The number of nitrogens with one attached hydrogen (secondary N) is 1. The van der Waals surface area contributed by atoms with Crippen molar-refractivity contribution in [3.05, 3.63) is 0 Å². The molecular formula is C32H61NO7. The lowest BCUT2D eigenvalue weighted by Crippen LogP contribution is -2.33. The first-order chi connectivity index (χ1) is 19.5. The fourth-order valence-electron chi connectivity index (χ4n) is 4.59. The van der Waals surface area contributed by atoms with Gasteiger partial charge in [-0.05, 0) is 12.8 Å². The Morgan fingerprint density at radius 3 is 1.32 bits per heavy atom. The number of hydroxylamine groups is 1. The number of unbranched alkanes of at least 4 members (excludes halogenated alkanes) is 19. The van der Waals surface area contributed by atoms with Crippen molar-refractivity contribution in [3.63, 3.8) is 0 Å². The first-order valence-corrected chi connectivity index (χ1v) is 16.3. The van der Waals surface area contributed by atoms with Crippen LogP contribution >= 0.6 is 0 Å². The van der Waals surface area contributed by atoms with Gasteiger partial charge in [0.15, 0.2) is 6.10 Å². The first-order valence-electron chi connectivity index (χ1n) is 16.3. The maximum absolute atomic E-state index is 12.3. The standard InChI is InChI=1S/C32H61NO7/c1-4-6-8-10-12-14-16-18-19-21-23-25-30(34)38-27-29(28-39-32(36)33-37-3)40-31(35)26-24-22-20-17-15-13-11-9-7-5-2/h29H,4-28H2,1-3H3,(H,33,36). The molecule has 0 aliphatic heterocycles. The van der Waals surface area contributed by atoms with Gasteiger partial charge in [0, 0.05) is 12.8 Å². The van der Waals surface area contributed by atoms with Gasteiger partial charge in [0.1, 0.15) is 13.2 Å². The molecule has 8 heteroatoms. The quantitative estimate of drug-likeness (QED) is 0.0414. The second kappa shape index (κ2) is 30.1. The van der Waals surface area contributed by atoms with Gasteiger partial charge in [0.2, 0.25) is 0 Å². The number of hydrogen-bond donors (Lipinski definition) is 1. The highest BCUT2D eigenvalue weighted by molar-refractivity contribution is 5.70. The molecule has 0 aromatic rings. The molecule has 0 radical (unpaired) electrons. The van der Waals surface area contributed by atoms with E-state index in [4.69, 9.17) is 14.2 Å². The Kier molecular flexibility index (Phi) is 28.8. The third kappa shape index (κ3) is 27.7.